The van der Waals surface area contributed by atoms with Crippen LogP contribution in [0.25, 0.3) is 0 Å². The Morgan fingerprint density at radius 1 is 0.472 bits per heavy atom. The lowest BCUT2D eigenvalue weighted by molar-refractivity contribution is 0.373. The van der Waals surface area contributed by atoms with E-state index in [0.717, 1.165) is 17.8 Å². The van der Waals surface area contributed by atoms with Crippen molar-refractivity contribution in [3.05, 3.63) is 0 Å². The van der Waals surface area contributed by atoms with Crippen molar-refractivity contribution in [3.63, 3.8) is 0 Å². The molecule has 0 spiro atoms. The molecule has 0 aliphatic rings. The second-order valence-corrected chi connectivity index (χ2v) is 12.6. The standard InChI is InChI=1S/C8H18.C7H16.C6H14.C5H12.C4H10.C2H6.4CH4/c1-4-6-8(3)7-5-2;1-5-6-7(2,3)4;1-4-6(3)5-2;1-5(2,3)4;1-4(2)3;1-2;;;;/h8H,4-7H2,1-3H3;5-6H2,1-4H3;6H,4-5H2,1-3H3;1-4H3;4H,1-3H3;1-2H3;4*1H4. The molecule has 0 bridgehead atoms. The summed E-state index contributed by atoms with van der Waals surface area (Å²) in [5.41, 5.74) is 1.05. The normalized spacial score (nSPS) is 9.17. The predicted octanol–water partition coefficient (Wildman–Crippen LogP) is 15.8. The molecule has 0 heterocycles. The highest BCUT2D eigenvalue weighted by Gasteiger charge is 2.06. The summed E-state index contributed by atoms with van der Waals surface area (Å²) in [5.74, 6) is 2.73. The Morgan fingerprint density at radius 3 is 0.750 bits per heavy atom. The van der Waals surface area contributed by atoms with Gasteiger partial charge in [-0.3, -0.25) is 0 Å². The van der Waals surface area contributed by atoms with Crippen LogP contribution in [-0.4, -0.2) is 0 Å². The fraction of sp³-hybridized carbons (Fsp3) is 1.00. The monoisotopic (exact) mass is 525 g/mol. The predicted molar refractivity (Wildman–Crippen MR) is 187 cm³/mol. The van der Waals surface area contributed by atoms with E-state index in [1.807, 2.05) is 13.8 Å². The van der Waals surface area contributed by atoms with Gasteiger partial charge in [-0.05, 0) is 35.0 Å². The maximum absolute atomic E-state index is 2.34. The van der Waals surface area contributed by atoms with Gasteiger partial charge >= 0.3 is 0 Å². The Labute approximate surface area is 241 Å². The highest BCUT2D eigenvalue weighted by molar-refractivity contribution is 4.58. The number of hydrogen-bond donors (Lipinski definition) is 0. The van der Waals surface area contributed by atoms with Crippen LogP contribution in [-0.2, 0) is 0 Å². The van der Waals surface area contributed by atoms with Crippen molar-refractivity contribution in [2.24, 2.45) is 28.6 Å². The van der Waals surface area contributed by atoms with Gasteiger partial charge in [0.1, 0.15) is 0 Å². The molecule has 236 valence electrons. The molecule has 0 nitrogen and oxygen atoms in total. The SMILES string of the molecule is C.C.C.C.CC.CC(C)(C)C.CC(C)C.CCC(C)CC.CCCC(C)(C)C.CCCC(C)CCC. The zero-order valence-corrected chi connectivity index (χ0v) is 27.4. The molecule has 0 aliphatic carbocycles. The minimum Gasteiger partial charge on any atom is -0.0776 e. The largest absolute Gasteiger partial charge is 0.0776 e. The second-order valence-electron chi connectivity index (χ2n) is 12.6. The fourth-order valence-corrected chi connectivity index (χ4v) is 2.17. The van der Waals surface area contributed by atoms with Crippen LogP contribution in [0.2, 0.25) is 0 Å². The topological polar surface area (TPSA) is 0 Å². The number of rotatable bonds is 7. The molecule has 0 aromatic carbocycles. The molecule has 36 heavy (non-hydrogen) atoms. The average Bonchev–Trinajstić information content (AvgIpc) is 2.61. The van der Waals surface area contributed by atoms with Gasteiger partial charge in [0.05, 0.1) is 0 Å². The van der Waals surface area contributed by atoms with Crippen LogP contribution in [0.15, 0.2) is 0 Å². The van der Waals surface area contributed by atoms with Gasteiger partial charge in [0.2, 0.25) is 0 Å². The van der Waals surface area contributed by atoms with E-state index in [9.17, 15) is 0 Å². The molecule has 0 aromatic rings. The zero-order chi connectivity index (χ0) is 27.4. The van der Waals surface area contributed by atoms with Crippen LogP contribution in [0.3, 0.4) is 0 Å². The Morgan fingerprint density at radius 2 is 0.694 bits per heavy atom. The molecule has 0 aliphatic heterocycles. The molecule has 0 saturated carbocycles. The fourth-order valence-electron chi connectivity index (χ4n) is 2.17. The first-order chi connectivity index (χ1) is 14.4. The molecule has 0 unspecified atom stereocenters. The highest BCUT2D eigenvalue weighted by Crippen LogP contribution is 2.19. The molecule has 0 aromatic heterocycles. The van der Waals surface area contributed by atoms with Gasteiger partial charge in [-0.25, -0.2) is 0 Å². The van der Waals surface area contributed by atoms with Crippen LogP contribution in [0, 0.1) is 28.6 Å². The molecule has 0 radical (unpaired) electrons. The van der Waals surface area contributed by atoms with Crippen molar-refractivity contribution in [2.45, 2.75) is 213 Å². The molecular formula is C36H92. The minimum atomic E-state index is 0. The van der Waals surface area contributed by atoms with Gasteiger partial charge in [-0.1, -0.05) is 206 Å². The van der Waals surface area contributed by atoms with E-state index in [1.165, 1.54) is 51.4 Å². The maximum Gasteiger partial charge on any atom is -0.0383 e. The first-order valence-corrected chi connectivity index (χ1v) is 14.4. The lowest BCUT2D eigenvalue weighted by Crippen LogP contribution is -2.02. The van der Waals surface area contributed by atoms with Gasteiger partial charge in [0, 0.05) is 0 Å². The van der Waals surface area contributed by atoms with Gasteiger partial charge in [-0.15, -0.1) is 0 Å². The molecule has 0 N–H and O–H groups in total. The highest BCUT2D eigenvalue weighted by atomic mass is 14.1. The first-order valence-electron chi connectivity index (χ1n) is 14.4. The summed E-state index contributed by atoms with van der Waals surface area (Å²) in [6.07, 6.45) is 10.8. The summed E-state index contributed by atoms with van der Waals surface area (Å²) < 4.78 is 0. The summed E-state index contributed by atoms with van der Waals surface area (Å²) in [6.45, 7) is 41.9. The summed E-state index contributed by atoms with van der Waals surface area (Å²) >= 11 is 0. The van der Waals surface area contributed by atoms with E-state index < -0.39 is 0 Å². The van der Waals surface area contributed by atoms with Crippen molar-refractivity contribution in [1.82, 2.24) is 0 Å². The Bertz CT molecular complexity index is 242. The molecule has 0 heteroatoms. The Kier molecular flexibility index (Phi) is 87.2. The van der Waals surface area contributed by atoms with Crippen LogP contribution in [0.4, 0.5) is 0 Å². The molecule has 0 rings (SSSR count). The van der Waals surface area contributed by atoms with Gasteiger partial charge < -0.3 is 0 Å². The molecule has 0 fully saturated rings. The van der Waals surface area contributed by atoms with Crippen molar-refractivity contribution in [2.75, 3.05) is 0 Å². The van der Waals surface area contributed by atoms with Gasteiger partial charge in [-0.2, -0.15) is 0 Å². The third kappa shape index (κ3) is 189. The summed E-state index contributed by atoms with van der Waals surface area (Å²) in [4.78, 5) is 0. The van der Waals surface area contributed by atoms with Crippen molar-refractivity contribution in [1.29, 1.82) is 0 Å². The molecule has 0 amide bonds. The van der Waals surface area contributed by atoms with E-state index in [1.54, 1.807) is 0 Å². The molecule has 0 saturated heterocycles. The third-order valence-corrected chi connectivity index (χ3v) is 3.96. The van der Waals surface area contributed by atoms with Crippen molar-refractivity contribution in [3.8, 4) is 0 Å². The zero-order valence-electron chi connectivity index (χ0n) is 27.4. The maximum atomic E-state index is 2.34. The smallest absolute Gasteiger partial charge is 0.0383 e. The third-order valence-electron chi connectivity index (χ3n) is 3.96. The van der Waals surface area contributed by atoms with E-state index in [2.05, 4.69) is 118 Å². The van der Waals surface area contributed by atoms with Crippen LogP contribution >= 0.6 is 0 Å². The van der Waals surface area contributed by atoms with Crippen LogP contribution in [0.1, 0.15) is 213 Å². The summed E-state index contributed by atoms with van der Waals surface area (Å²) in [7, 11) is 0. The summed E-state index contributed by atoms with van der Waals surface area (Å²) in [5, 5.41) is 0. The van der Waals surface area contributed by atoms with Gasteiger partial charge in [0.25, 0.3) is 0 Å². The Hall–Kier alpha value is 0. The summed E-state index contributed by atoms with van der Waals surface area (Å²) in [6, 6.07) is 0. The number of hydrogen-bond acceptors (Lipinski definition) is 0. The van der Waals surface area contributed by atoms with E-state index in [4.69, 9.17) is 0 Å². The van der Waals surface area contributed by atoms with Crippen LogP contribution < -0.4 is 0 Å². The quantitative estimate of drug-likeness (QED) is 0.310. The van der Waals surface area contributed by atoms with E-state index in [0.29, 0.717) is 10.8 Å². The van der Waals surface area contributed by atoms with Crippen molar-refractivity contribution >= 4 is 0 Å². The Balaban J connectivity index is -0.0000000285. The molecular weight excluding hydrogens is 432 g/mol. The minimum absolute atomic E-state index is 0. The average molecular weight is 525 g/mol. The van der Waals surface area contributed by atoms with E-state index in [-0.39, 0.29) is 29.7 Å². The van der Waals surface area contributed by atoms with Gasteiger partial charge in [0.15, 0.2) is 0 Å². The first kappa shape index (κ1) is 65.2. The lowest BCUT2D eigenvalue weighted by atomic mass is 9.91. The molecule has 0 atom stereocenters. The van der Waals surface area contributed by atoms with Crippen LogP contribution in [0.5, 0.6) is 0 Å². The van der Waals surface area contributed by atoms with E-state index >= 15 is 0 Å². The second kappa shape index (κ2) is 48.1. The lowest BCUT2D eigenvalue weighted by Gasteiger charge is -2.15. The van der Waals surface area contributed by atoms with Crippen molar-refractivity contribution < 1.29 is 0 Å².